The summed E-state index contributed by atoms with van der Waals surface area (Å²) in [4.78, 5) is 39.5. The number of hydrogen-bond donors (Lipinski definition) is 3. The number of aromatic nitrogens is 2. The Balaban J connectivity index is 1.59. The number of H-pyrrole nitrogens is 1. The molecule has 0 radical (unpaired) electrons. The summed E-state index contributed by atoms with van der Waals surface area (Å²) in [7, 11) is 1.85. The van der Waals surface area contributed by atoms with Crippen LogP contribution < -0.4 is 16.4 Å². The lowest BCUT2D eigenvalue weighted by atomic mass is 10.1. The Morgan fingerprint density at radius 3 is 2.30 bits per heavy atom. The third-order valence-electron chi connectivity index (χ3n) is 4.43. The molecular formula is C20H16N4O3. The second-order valence-corrected chi connectivity index (χ2v) is 6.17. The zero-order chi connectivity index (χ0) is 19.0. The van der Waals surface area contributed by atoms with E-state index in [0.29, 0.717) is 16.5 Å². The van der Waals surface area contributed by atoms with Crippen LogP contribution in [0.3, 0.4) is 0 Å². The van der Waals surface area contributed by atoms with Gasteiger partial charge < -0.3 is 9.55 Å². The molecule has 134 valence electrons. The van der Waals surface area contributed by atoms with Crippen LogP contribution in [0.15, 0.2) is 65.6 Å². The van der Waals surface area contributed by atoms with Gasteiger partial charge in [-0.1, -0.05) is 36.4 Å². The Hall–Kier alpha value is -3.87. The second-order valence-electron chi connectivity index (χ2n) is 6.17. The lowest BCUT2D eigenvalue weighted by molar-refractivity contribution is 0.0848. The smallest absolute Gasteiger partial charge is 0.271 e. The second kappa shape index (κ2) is 6.45. The number of fused-ring (bicyclic) bond motifs is 2. The van der Waals surface area contributed by atoms with Crippen LogP contribution in [0.1, 0.15) is 20.7 Å². The van der Waals surface area contributed by atoms with E-state index in [-0.39, 0.29) is 11.1 Å². The fourth-order valence-electron chi connectivity index (χ4n) is 3.16. The number of hydrazine groups is 1. The van der Waals surface area contributed by atoms with Gasteiger partial charge in [0.1, 0.15) is 0 Å². The highest BCUT2D eigenvalue weighted by atomic mass is 16.2. The molecule has 0 spiro atoms. The molecule has 4 aromatic rings. The molecule has 2 aromatic carbocycles. The van der Waals surface area contributed by atoms with Crippen molar-refractivity contribution < 1.29 is 9.59 Å². The first-order chi connectivity index (χ1) is 13.0. The zero-order valence-electron chi connectivity index (χ0n) is 14.4. The van der Waals surface area contributed by atoms with Gasteiger partial charge in [-0.25, -0.2) is 0 Å². The van der Waals surface area contributed by atoms with E-state index in [1.807, 2.05) is 35.9 Å². The number of benzene rings is 2. The summed E-state index contributed by atoms with van der Waals surface area (Å²) in [5.74, 6) is -1.000. The van der Waals surface area contributed by atoms with Crippen molar-refractivity contribution in [3.05, 3.63) is 82.3 Å². The maximum atomic E-state index is 12.5. The number of pyridine rings is 1. The Morgan fingerprint density at radius 1 is 0.889 bits per heavy atom. The van der Waals surface area contributed by atoms with Crippen LogP contribution in [-0.4, -0.2) is 21.4 Å². The number of carbonyl (C=O) groups is 2. The molecule has 7 nitrogen and oxygen atoms in total. The lowest BCUT2D eigenvalue weighted by Gasteiger charge is -2.09. The molecule has 0 aliphatic carbocycles. The fourth-order valence-corrected chi connectivity index (χ4v) is 3.16. The van der Waals surface area contributed by atoms with E-state index >= 15 is 0 Å². The maximum absolute atomic E-state index is 12.5. The highest BCUT2D eigenvalue weighted by molar-refractivity contribution is 6.09. The van der Waals surface area contributed by atoms with Gasteiger partial charge in [0.25, 0.3) is 11.8 Å². The predicted octanol–water partition coefficient (Wildman–Crippen LogP) is 2.09. The normalized spacial score (nSPS) is 10.9. The van der Waals surface area contributed by atoms with Gasteiger partial charge in [0.2, 0.25) is 5.56 Å². The number of hydrogen-bond acceptors (Lipinski definition) is 3. The van der Waals surface area contributed by atoms with Crippen molar-refractivity contribution in [2.75, 3.05) is 0 Å². The molecule has 0 unspecified atom stereocenters. The van der Waals surface area contributed by atoms with Gasteiger partial charge in [0.05, 0.1) is 11.1 Å². The van der Waals surface area contributed by atoms with Crippen molar-refractivity contribution in [2.24, 2.45) is 7.05 Å². The van der Waals surface area contributed by atoms with Crippen LogP contribution in [0.4, 0.5) is 0 Å². The standard InChI is InChI=1S/C20H16N4O3/c1-24-11-15(13-7-3-5-9-17(13)24)20(27)23-22-19(26)14-10-18(25)21-16-8-4-2-6-12(14)16/h2-11H,1H3,(H,21,25)(H,22,26)(H,23,27). The van der Waals surface area contributed by atoms with Crippen LogP contribution in [0.5, 0.6) is 0 Å². The van der Waals surface area contributed by atoms with Gasteiger partial charge in [0, 0.05) is 41.1 Å². The van der Waals surface area contributed by atoms with Crippen molar-refractivity contribution >= 4 is 33.6 Å². The molecule has 0 aliphatic rings. The number of nitrogens with one attached hydrogen (secondary N) is 3. The van der Waals surface area contributed by atoms with Crippen molar-refractivity contribution in [2.45, 2.75) is 0 Å². The van der Waals surface area contributed by atoms with E-state index in [0.717, 1.165) is 10.9 Å². The van der Waals surface area contributed by atoms with E-state index in [9.17, 15) is 14.4 Å². The maximum Gasteiger partial charge on any atom is 0.271 e. The summed E-state index contributed by atoms with van der Waals surface area (Å²) < 4.78 is 1.84. The number of para-hydroxylation sites is 2. The first kappa shape index (κ1) is 16.6. The van der Waals surface area contributed by atoms with Crippen LogP contribution in [0.25, 0.3) is 21.8 Å². The van der Waals surface area contributed by atoms with E-state index < -0.39 is 11.8 Å². The minimum absolute atomic E-state index is 0.188. The Bertz CT molecular complexity index is 1250. The quantitative estimate of drug-likeness (QED) is 0.478. The molecule has 0 saturated heterocycles. The first-order valence-electron chi connectivity index (χ1n) is 8.31. The van der Waals surface area contributed by atoms with Gasteiger partial charge in [-0.2, -0.15) is 0 Å². The number of aryl methyl sites for hydroxylation is 1. The summed E-state index contributed by atoms with van der Waals surface area (Å²) in [6.45, 7) is 0. The molecule has 2 heterocycles. The van der Waals surface area contributed by atoms with Gasteiger partial charge in [-0.15, -0.1) is 0 Å². The van der Waals surface area contributed by atoms with Crippen LogP contribution >= 0.6 is 0 Å². The van der Waals surface area contributed by atoms with Crippen LogP contribution in [0.2, 0.25) is 0 Å². The molecule has 0 fully saturated rings. The Kier molecular flexibility index (Phi) is 3.97. The van der Waals surface area contributed by atoms with Crippen molar-refractivity contribution in [3.8, 4) is 0 Å². The summed E-state index contributed by atoms with van der Waals surface area (Å²) >= 11 is 0. The molecule has 0 bridgehead atoms. The van der Waals surface area contributed by atoms with Crippen molar-refractivity contribution in [3.63, 3.8) is 0 Å². The molecule has 3 N–H and O–H groups in total. The SMILES string of the molecule is Cn1cc(C(=O)NNC(=O)c2cc(=O)[nH]c3ccccc23)c2ccccc21. The Morgan fingerprint density at radius 2 is 1.52 bits per heavy atom. The summed E-state index contributed by atoms with van der Waals surface area (Å²) in [5.41, 5.74) is 6.52. The minimum atomic E-state index is -0.564. The summed E-state index contributed by atoms with van der Waals surface area (Å²) in [6.07, 6.45) is 1.70. The van der Waals surface area contributed by atoms with Crippen LogP contribution in [-0.2, 0) is 7.05 Å². The lowest BCUT2D eigenvalue weighted by Crippen LogP contribution is -2.42. The average molecular weight is 360 g/mol. The van der Waals surface area contributed by atoms with Crippen molar-refractivity contribution in [1.29, 1.82) is 0 Å². The summed E-state index contributed by atoms with van der Waals surface area (Å²) in [5, 5.41) is 1.38. The summed E-state index contributed by atoms with van der Waals surface area (Å²) in [6, 6.07) is 15.7. The van der Waals surface area contributed by atoms with Crippen molar-refractivity contribution in [1.82, 2.24) is 20.4 Å². The van der Waals surface area contributed by atoms with E-state index in [4.69, 9.17) is 0 Å². The molecule has 7 heteroatoms. The monoisotopic (exact) mass is 360 g/mol. The van der Waals surface area contributed by atoms with Crippen LogP contribution in [0, 0.1) is 0 Å². The van der Waals surface area contributed by atoms with Gasteiger partial charge in [-0.05, 0) is 12.1 Å². The highest BCUT2D eigenvalue weighted by Crippen LogP contribution is 2.20. The number of aromatic amines is 1. The van der Waals surface area contributed by atoms with E-state index in [2.05, 4.69) is 15.8 Å². The number of rotatable bonds is 2. The molecule has 4 rings (SSSR count). The largest absolute Gasteiger partial charge is 0.350 e. The van der Waals surface area contributed by atoms with E-state index in [1.165, 1.54) is 6.07 Å². The molecule has 0 aliphatic heterocycles. The number of nitrogens with zero attached hydrogens (tertiary/aromatic N) is 1. The minimum Gasteiger partial charge on any atom is -0.350 e. The Labute approximate surface area is 153 Å². The van der Waals surface area contributed by atoms with Gasteiger partial charge in [-0.3, -0.25) is 25.2 Å². The zero-order valence-corrected chi connectivity index (χ0v) is 14.4. The third kappa shape index (κ3) is 2.95. The highest BCUT2D eigenvalue weighted by Gasteiger charge is 2.16. The molecule has 0 atom stereocenters. The third-order valence-corrected chi connectivity index (χ3v) is 4.43. The fraction of sp³-hybridized carbons (Fsp3) is 0.0500. The molecule has 0 saturated carbocycles. The molecular weight excluding hydrogens is 344 g/mol. The molecule has 2 aromatic heterocycles. The topological polar surface area (TPSA) is 96.0 Å². The van der Waals surface area contributed by atoms with Gasteiger partial charge >= 0.3 is 0 Å². The van der Waals surface area contributed by atoms with Gasteiger partial charge in [0.15, 0.2) is 0 Å². The van der Waals surface area contributed by atoms with E-state index in [1.54, 1.807) is 30.5 Å². The number of amides is 2. The molecule has 2 amide bonds. The first-order valence-corrected chi connectivity index (χ1v) is 8.31. The molecule has 27 heavy (non-hydrogen) atoms. The number of carbonyl (C=O) groups excluding carboxylic acids is 2. The predicted molar refractivity (Wildman–Crippen MR) is 102 cm³/mol. The average Bonchev–Trinajstić information content (AvgIpc) is 3.02.